The molecule has 0 fully saturated rings. The fourth-order valence-corrected chi connectivity index (χ4v) is 2.58. The van der Waals surface area contributed by atoms with Crippen molar-refractivity contribution in [1.82, 2.24) is 10.2 Å². The summed E-state index contributed by atoms with van der Waals surface area (Å²) in [4.78, 5) is 11.7. The van der Waals surface area contributed by atoms with Crippen molar-refractivity contribution in [2.24, 2.45) is 5.10 Å². The molecule has 2 aromatic carbocycles. The summed E-state index contributed by atoms with van der Waals surface area (Å²) in [6.45, 7) is 3.65. The average Bonchev–Trinajstić information content (AvgIpc) is 2.68. The molecule has 26 heavy (non-hydrogen) atoms. The number of hydrogen-bond acceptors (Lipinski definition) is 6. The smallest absolute Gasteiger partial charge is 0.354 e. The van der Waals surface area contributed by atoms with E-state index in [0.717, 1.165) is 16.5 Å². The van der Waals surface area contributed by atoms with Crippen LogP contribution < -0.4 is 5.43 Å². The molecule has 1 heterocycles. The van der Waals surface area contributed by atoms with Crippen molar-refractivity contribution in [3.05, 3.63) is 65.9 Å². The fraction of sp³-hybridized carbons (Fsp3) is 0.200. The molecule has 6 nitrogen and oxygen atoms in total. The normalized spacial score (nSPS) is 11.4. The lowest BCUT2D eigenvalue weighted by Crippen LogP contribution is -2.16. The predicted molar refractivity (Wildman–Crippen MR) is 102 cm³/mol. The molecule has 0 aliphatic carbocycles. The summed E-state index contributed by atoms with van der Waals surface area (Å²) in [6.07, 6.45) is 0.694. The van der Waals surface area contributed by atoms with Gasteiger partial charge < -0.3 is 4.74 Å². The first-order chi connectivity index (χ1) is 12.7. The number of esters is 1. The summed E-state index contributed by atoms with van der Waals surface area (Å²) in [6, 6.07) is 18.0. The van der Waals surface area contributed by atoms with Crippen LogP contribution in [0.15, 0.2) is 59.7 Å². The molecule has 6 heteroatoms. The summed E-state index contributed by atoms with van der Waals surface area (Å²) in [7, 11) is 0. The number of ether oxygens (including phenoxy) is 1. The fourth-order valence-electron chi connectivity index (χ4n) is 2.58. The van der Waals surface area contributed by atoms with Crippen LogP contribution in [0.4, 0.5) is 5.82 Å². The number of carbonyl (C=O) groups excluding carboxylic acids is 1. The van der Waals surface area contributed by atoms with Gasteiger partial charge in [0.05, 0.1) is 12.3 Å². The van der Waals surface area contributed by atoms with E-state index in [1.54, 1.807) is 13.8 Å². The van der Waals surface area contributed by atoms with Gasteiger partial charge in [-0.25, -0.2) is 4.79 Å². The topological polar surface area (TPSA) is 76.5 Å². The molecule has 132 valence electrons. The van der Waals surface area contributed by atoms with Gasteiger partial charge >= 0.3 is 5.97 Å². The van der Waals surface area contributed by atoms with E-state index in [2.05, 4.69) is 32.9 Å². The monoisotopic (exact) mass is 348 g/mol. The third-order valence-electron chi connectivity index (χ3n) is 3.88. The van der Waals surface area contributed by atoms with Gasteiger partial charge in [0, 0.05) is 17.2 Å². The number of carbonyl (C=O) groups is 1. The number of aromatic nitrogens is 2. The maximum atomic E-state index is 11.7. The van der Waals surface area contributed by atoms with Crippen LogP contribution in [0.5, 0.6) is 0 Å². The Kier molecular flexibility index (Phi) is 5.53. The number of fused-ring (bicyclic) bond motifs is 1. The molecule has 0 bridgehead atoms. The minimum absolute atomic E-state index is 0.228. The van der Waals surface area contributed by atoms with Crippen molar-refractivity contribution in [3.63, 3.8) is 0 Å². The molecule has 0 radical (unpaired) electrons. The minimum atomic E-state index is -0.460. The number of benzene rings is 2. The lowest BCUT2D eigenvalue weighted by atomic mass is 10.0. The lowest BCUT2D eigenvalue weighted by Gasteiger charge is -2.09. The van der Waals surface area contributed by atoms with E-state index in [9.17, 15) is 4.79 Å². The molecule has 0 saturated heterocycles. The van der Waals surface area contributed by atoms with Crippen molar-refractivity contribution in [1.29, 1.82) is 0 Å². The van der Waals surface area contributed by atoms with Gasteiger partial charge in [-0.05, 0) is 19.4 Å². The number of anilines is 1. The third kappa shape index (κ3) is 4.03. The summed E-state index contributed by atoms with van der Waals surface area (Å²) in [5, 5.41) is 14.6. The zero-order valence-corrected chi connectivity index (χ0v) is 14.8. The first kappa shape index (κ1) is 17.5. The number of hydrazone groups is 1. The van der Waals surface area contributed by atoms with E-state index in [4.69, 9.17) is 4.74 Å². The molecule has 0 aliphatic heterocycles. The van der Waals surface area contributed by atoms with Gasteiger partial charge in [0.25, 0.3) is 0 Å². The molecule has 1 N–H and O–H groups in total. The highest BCUT2D eigenvalue weighted by atomic mass is 16.5. The Morgan fingerprint density at radius 3 is 2.46 bits per heavy atom. The molecule has 0 saturated carbocycles. The third-order valence-corrected chi connectivity index (χ3v) is 3.88. The van der Waals surface area contributed by atoms with E-state index >= 15 is 0 Å². The van der Waals surface area contributed by atoms with Crippen molar-refractivity contribution >= 4 is 28.3 Å². The molecular weight excluding hydrogens is 328 g/mol. The van der Waals surface area contributed by atoms with E-state index < -0.39 is 5.97 Å². The van der Waals surface area contributed by atoms with Crippen molar-refractivity contribution in [2.45, 2.75) is 20.3 Å². The summed E-state index contributed by atoms with van der Waals surface area (Å²) in [5.41, 5.74) is 5.12. The minimum Gasteiger partial charge on any atom is -0.461 e. The largest absolute Gasteiger partial charge is 0.461 e. The second kappa shape index (κ2) is 8.20. The Balaban J connectivity index is 1.90. The van der Waals surface area contributed by atoms with Crippen LogP contribution in [-0.2, 0) is 16.0 Å². The standard InChI is InChI=1S/C20H20N4O2/c1-3-26-20(25)14(2)21-23-19-17-12-8-7-11-16(17)18(22-24-19)13-15-9-5-4-6-10-15/h4-12H,3,13H2,1-2H3,(H,23,24)/b21-14+. The molecule has 3 rings (SSSR count). The van der Waals surface area contributed by atoms with E-state index in [1.165, 1.54) is 5.56 Å². The molecule has 0 aliphatic rings. The van der Waals surface area contributed by atoms with Crippen LogP contribution in [0.3, 0.4) is 0 Å². The highest BCUT2D eigenvalue weighted by Crippen LogP contribution is 2.24. The van der Waals surface area contributed by atoms with Gasteiger partial charge in [-0.3, -0.25) is 5.43 Å². The quantitative estimate of drug-likeness (QED) is 0.419. The zero-order valence-electron chi connectivity index (χ0n) is 14.8. The van der Waals surface area contributed by atoms with Crippen LogP contribution in [0.25, 0.3) is 10.8 Å². The zero-order chi connectivity index (χ0) is 18.4. The maximum Gasteiger partial charge on any atom is 0.354 e. The highest BCUT2D eigenvalue weighted by Gasteiger charge is 2.11. The van der Waals surface area contributed by atoms with Crippen LogP contribution >= 0.6 is 0 Å². The van der Waals surface area contributed by atoms with Gasteiger partial charge in [0.1, 0.15) is 5.71 Å². The van der Waals surface area contributed by atoms with Crippen LogP contribution in [0.1, 0.15) is 25.1 Å². The van der Waals surface area contributed by atoms with Crippen molar-refractivity contribution < 1.29 is 9.53 Å². The van der Waals surface area contributed by atoms with E-state index in [0.29, 0.717) is 18.8 Å². The molecule has 1 aromatic heterocycles. The predicted octanol–water partition coefficient (Wildman–Crippen LogP) is 3.57. The number of nitrogens with one attached hydrogen (secondary N) is 1. The van der Waals surface area contributed by atoms with Gasteiger partial charge in [-0.1, -0.05) is 54.6 Å². The van der Waals surface area contributed by atoms with Gasteiger partial charge in [-0.15, -0.1) is 5.10 Å². The van der Waals surface area contributed by atoms with Gasteiger partial charge in [0.2, 0.25) is 0 Å². The Bertz CT molecular complexity index is 939. The summed E-state index contributed by atoms with van der Waals surface area (Å²) >= 11 is 0. The Morgan fingerprint density at radius 2 is 1.73 bits per heavy atom. The van der Waals surface area contributed by atoms with Crippen LogP contribution in [0, 0.1) is 0 Å². The first-order valence-corrected chi connectivity index (χ1v) is 8.44. The van der Waals surface area contributed by atoms with Gasteiger partial charge in [0.15, 0.2) is 5.82 Å². The molecule has 3 aromatic rings. The van der Waals surface area contributed by atoms with Crippen LogP contribution in [-0.4, -0.2) is 28.5 Å². The SMILES string of the molecule is CCOC(=O)/C(C)=N/Nc1nnc(Cc2ccccc2)c2ccccc12. The maximum absolute atomic E-state index is 11.7. The first-order valence-electron chi connectivity index (χ1n) is 8.44. The number of nitrogens with zero attached hydrogens (tertiary/aromatic N) is 3. The van der Waals surface area contributed by atoms with Crippen LogP contribution in [0.2, 0.25) is 0 Å². The van der Waals surface area contributed by atoms with Crippen molar-refractivity contribution in [3.8, 4) is 0 Å². The number of hydrogen-bond donors (Lipinski definition) is 1. The second-order valence-corrected chi connectivity index (χ2v) is 5.73. The van der Waals surface area contributed by atoms with Gasteiger partial charge in [-0.2, -0.15) is 10.2 Å². The highest BCUT2D eigenvalue weighted by molar-refractivity contribution is 6.35. The molecule has 0 unspecified atom stereocenters. The Morgan fingerprint density at radius 1 is 1.04 bits per heavy atom. The Hall–Kier alpha value is -3.28. The summed E-state index contributed by atoms with van der Waals surface area (Å²) < 4.78 is 4.92. The lowest BCUT2D eigenvalue weighted by molar-refractivity contribution is -0.135. The average molecular weight is 348 g/mol. The van der Waals surface area contributed by atoms with Crippen molar-refractivity contribution in [2.75, 3.05) is 12.0 Å². The second-order valence-electron chi connectivity index (χ2n) is 5.73. The van der Waals surface area contributed by atoms with E-state index in [1.807, 2.05) is 42.5 Å². The molecule has 0 atom stereocenters. The summed E-state index contributed by atoms with van der Waals surface area (Å²) in [5.74, 6) is 0.0408. The number of rotatable bonds is 6. The Labute approximate surface area is 151 Å². The molecular formula is C20H20N4O2. The molecule has 0 spiro atoms. The van der Waals surface area contributed by atoms with E-state index in [-0.39, 0.29) is 5.71 Å². The molecule has 0 amide bonds.